The zero-order chi connectivity index (χ0) is 9.98. The summed E-state index contributed by atoms with van der Waals surface area (Å²) in [6.45, 7) is 13.7. The van der Waals surface area contributed by atoms with Gasteiger partial charge in [0, 0.05) is 11.4 Å². The van der Waals surface area contributed by atoms with Gasteiger partial charge in [0.2, 0.25) is 0 Å². The second kappa shape index (κ2) is 10.2. The van der Waals surface area contributed by atoms with E-state index in [-0.39, 0.29) is 0 Å². The van der Waals surface area contributed by atoms with Gasteiger partial charge in [0.15, 0.2) is 0 Å². The molecule has 0 amide bonds. The molecule has 0 saturated heterocycles. The Kier molecular flexibility index (Phi) is 11.6. The van der Waals surface area contributed by atoms with Crippen LogP contribution in [0, 0.1) is 0 Å². The van der Waals surface area contributed by atoms with E-state index in [9.17, 15) is 0 Å². The first kappa shape index (κ1) is 13.7. The molecular weight excluding hydrogens is 146 g/mol. The van der Waals surface area contributed by atoms with Crippen LogP contribution in [0.4, 0.5) is 0 Å². The lowest BCUT2D eigenvalue weighted by molar-refractivity contribution is 1.09. The van der Waals surface area contributed by atoms with Gasteiger partial charge in [-0.3, -0.25) is 4.99 Å². The predicted octanol–water partition coefficient (Wildman–Crippen LogP) is 3.97. The van der Waals surface area contributed by atoms with Crippen LogP contribution in [-0.2, 0) is 0 Å². The van der Waals surface area contributed by atoms with Crippen LogP contribution in [0.5, 0.6) is 0 Å². The second-order valence-corrected chi connectivity index (χ2v) is 2.59. The first-order valence-electron chi connectivity index (χ1n) is 4.42. The van der Waals surface area contributed by atoms with Crippen LogP contribution in [0.3, 0.4) is 0 Å². The molecule has 0 spiro atoms. The maximum atomic E-state index is 4.17. The summed E-state index contributed by atoms with van der Waals surface area (Å²) in [4.78, 5) is 4.17. The molecule has 0 bridgehead atoms. The molecule has 0 radical (unpaired) electrons. The highest BCUT2D eigenvalue weighted by atomic mass is 14.7. The zero-order valence-electron chi connectivity index (χ0n) is 9.02. The van der Waals surface area contributed by atoms with E-state index in [2.05, 4.69) is 25.4 Å². The average Bonchev–Trinajstić information content (AvgIpc) is 2.05. The molecule has 12 heavy (non-hydrogen) atoms. The third-order valence-electron chi connectivity index (χ3n) is 1.07. The van der Waals surface area contributed by atoms with Crippen molar-refractivity contribution in [2.24, 2.45) is 4.99 Å². The Morgan fingerprint density at radius 2 is 1.75 bits per heavy atom. The van der Waals surface area contributed by atoms with Crippen molar-refractivity contribution in [3.8, 4) is 0 Å². The first-order chi connectivity index (χ1) is 5.62. The maximum absolute atomic E-state index is 4.17. The first-order valence-corrected chi connectivity index (χ1v) is 4.42. The minimum Gasteiger partial charge on any atom is -0.259 e. The van der Waals surface area contributed by atoms with E-state index < -0.39 is 0 Å². The van der Waals surface area contributed by atoms with Gasteiger partial charge < -0.3 is 0 Å². The molecule has 0 heterocycles. The van der Waals surface area contributed by atoms with E-state index >= 15 is 0 Å². The number of aliphatic imine (C=N–C) groups is 1. The van der Waals surface area contributed by atoms with Crippen LogP contribution in [0.2, 0.25) is 0 Å². The quantitative estimate of drug-likeness (QED) is 0.552. The molecular formula is C11H21N. The largest absolute Gasteiger partial charge is 0.259 e. The van der Waals surface area contributed by atoms with Crippen molar-refractivity contribution in [3.05, 3.63) is 24.4 Å². The predicted molar refractivity (Wildman–Crippen MR) is 58.7 cm³/mol. The molecule has 70 valence electrons. The molecule has 1 heteroatoms. The maximum Gasteiger partial charge on any atom is 0.0369 e. The van der Waals surface area contributed by atoms with E-state index in [1.54, 1.807) is 6.08 Å². The van der Waals surface area contributed by atoms with Gasteiger partial charge in [-0.1, -0.05) is 32.9 Å². The molecule has 0 aromatic carbocycles. The van der Waals surface area contributed by atoms with E-state index in [1.165, 1.54) is 6.42 Å². The van der Waals surface area contributed by atoms with Gasteiger partial charge in [-0.2, -0.15) is 0 Å². The van der Waals surface area contributed by atoms with Gasteiger partial charge >= 0.3 is 0 Å². The molecule has 1 nitrogen and oxygen atoms in total. The molecule has 0 aliphatic rings. The molecule has 0 aromatic heterocycles. The fraction of sp³-hybridized carbons (Fsp3) is 0.545. The fourth-order valence-electron chi connectivity index (χ4n) is 0.388. The van der Waals surface area contributed by atoms with Crippen LogP contribution in [-0.4, -0.2) is 5.71 Å². The van der Waals surface area contributed by atoms with Crippen molar-refractivity contribution >= 4 is 5.71 Å². The van der Waals surface area contributed by atoms with Crippen LogP contribution >= 0.6 is 0 Å². The lowest BCUT2D eigenvalue weighted by atomic mass is 10.4. The number of rotatable bonds is 2. The van der Waals surface area contributed by atoms with Gasteiger partial charge in [0.1, 0.15) is 0 Å². The van der Waals surface area contributed by atoms with Gasteiger partial charge in [0.05, 0.1) is 0 Å². The molecule has 0 atom stereocenters. The Morgan fingerprint density at radius 1 is 1.33 bits per heavy atom. The standard InChI is InChI=1S/C8H13N.C3H8/c1-5-7(3)9-8(4)6-2;1-3-2/h5-6H,1H2,2-4H3;3H2,1-2H3/b8-6-,9-7?;. The van der Waals surface area contributed by atoms with Crippen LogP contribution in [0.25, 0.3) is 0 Å². The van der Waals surface area contributed by atoms with Crippen molar-refractivity contribution < 1.29 is 0 Å². The molecule has 0 aliphatic heterocycles. The van der Waals surface area contributed by atoms with E-state index in [1.807, 2.05) is 26.8 Å². The molecule has 0 N–H and O–H groups in total. The normalized spacial score (nSPS) is 11.8. The summed E-state index contributed by atoms with van der Waals surface area (Å²) in [6.07, 6.45) is 4.96. The molecule has 0 unspecified atom stereocenters. The van der Waals surface area contributed by atoms with Crippen molar-refractivity contribution in [2.75, 3.05) is 0 Å². The second-order valence-electron chi connectivity index (χ2n) is 2.59. The summed E-state index contributed by atoms with van der Waals surface area (Å²) >= 11 is 0. The molecule has 0 fully saturated rings. The van der Waals surface area contributed by atoms with Gasteiger partial charge in [0.25, 0.3) is 0 Å². The van der Waals surface area contributed by atoms with Gasteiger partial charge in [-0.25, -0.2) is 0 Å². The minimum atomic E-state index is 0.964. The summed E-state index contributed by atoms with van der Waals surface area (Å²) in [5.41, 5.74) is 2.00. The number of hydrogen-bond donors (Lipinski definition) is 0. The Morgan fingerprint density at radius 3 is 2.00 bits per heavy atom. The van der Waals surface area contributed by atoms with Crippen LogP contribution in [0.15, 0.2) is 29.4 Å². The molecule has 0 aliphatic carbocycles. The number of nitrogens with zero attached hydrogens (tertiary/aromatic N) is 1. The lowest BCUT2D eigenvalue weighted by Gasteiger charge is -1.90. The van der Waals surface area contributed by atoms with Crippen molar-refractivity contribution in [1.82, 2.24) is 0 Å². The van der Waals surface area contributed by atoms with Crippen LogP contribution in [0.1, 0.15) is 41.0 Å². The third-order valence-corrected chi connectivity index (χ3v) is 1.07. The Bertz CT molecular complexity index is 164. The molecule has 0 rings (SSSR count). The highest BCUT2D eigenvalue weighted by Gasteiger charge is 1.80. The summed E-state index contributed by atoms with van der Waals surface area (Å²) in [6, 6.07) is 0. The molecule has 0 aromatic rings. The highest BCUT2D eigenvalue weighted by molar-refractivity contribution is 5.92. The van der Waals surface area contributed by atoms with Crippen molar-refractivity contribution in [1.29, 1.82) is 0 Å². The Balaban J connectivity index is 0. The summed E-state index contributed by atoms with van der Waals surface area (Å²) in [5.74, 6) is 0. The van der Waals surface area contributed by atoms with Gasteiger partial charge in [-0.05, 0) is 26.8 Å². The zero-order valence-corrected chi connectivity index (χ0v) is 9.02. The fourth-order valence-corrected chi connectivity index (χ4v) is 0.388. The number of hydrogen-bond acceptors (Lipinski definition) is 1. The van der Waals surface area contributed by atoms with E-state index in [4.69, 9.17) is 0 Å². The third kappa shape index (κ3) is 11.9. The Labute approximate surface area is 76.9 Å². The highest BCUT2D eigenvalue weighted by Crippen LogP contribution is 1.94. The van der Waals surface area contributed by atoms with Crippen molar-refractivity contribution in [2.45, 2.75) is 41.0 Å². The monoisotopic (exact) mass is 167 g/mol. The minimum absolute atomic E-state index is 0.964. The Hall–Kier alpha value is -0.850. The lowest BCUT2D eigenvalue weighted by Crippen LogP contribution is -1.82. The summed E-state index contributed by atoms with van der Waals surface area (Å²) in [5, 5.41) is 0. The number of allylic oxidation sites excluding steroid dienone is 3. The summed E-state index contributed by atoms with van der Waals surface area (Å²) in [7, 11) is 0. The van der Waals surface area contributed by atoms with E-state index in [0.29, 0.717) is 0 Å². The van der Waals surface area contributed by atoms with E-state index in [0.717, 1.165) is 11.4 Å². The van der Waals surface area contributed by atoms with Gasteiger partial charge in [-0.15, -0.1) is 0 Å². The SMILES string of the molecule is C=CC(C)=N/C(C)=C\C.CCC. The topological polar surface area (TPSA) is 12.4 Å². The van der Waals surface area contributed by atoms with Crippen molar-refractivity contribution in [3.63, 3.8) is 0 Å². The summed E-state index contributed by atoms with van der Waals surface area (Å²) < 4.78 is 0. The molecule has 0 saturated carbocycles. The average molecular weight is 167 g/mol. The van der Waals surface area contributed by atoms with Crippen LogP contribution < -0.4 is 0 Å². The smallest absolute Gasteiger partial charge is 0.0369 e.